The quantitative estimate of drug-likeness (QED) is 0.332. The van der Waals surface area contributed by atoms with Crippen molar-refractivity contribution in [1.29, 1.82) is 0 Å². The molecular weight excluding hydrogens is 392 g/mol. The number of amides is 2. The predicted molar refractivity (Wildman–Crippen MR) is 108 cm³/mol. The minimum Gasteiger partial charge on any atom is -0.484 e. The third-order valence-corrected chi connectivity index (χ3v) is 4.02. The molecule has 0 aliphatic rings. The lowest BCUT2D eigenvalue weighted by Crippen LogP contribution is -2.45. The van der Waals surface area contributed by atoms with E-state index in [1.807, 2.05) is 36.4 Å². The van der Waals surface area contributed by atoms with Gasteiger partial charge in [-0.2, -0.15) is 5.10 Å². The number of rotatable bonds is 8. The van der Waals surface area contributed by atoms with E-state index in [0.717, 1.165) is 17.0 Å². The number of furan rings is 1. The van der Waals surface area contributed by atoms with E-state index >= 15 is 0 Å². The van der Waals surface area contributed by atoms with Crippen molar-refractivity contribution in [1.82, 2.24) is 10.7 Å². The highest BCUT2D eigenvalue weighted by Gasteiger charge is 2.16. The fourth-order valence-corrected chi connectivity index (χ4v) is 2.52. The van der Waals surface area contributed by atoms with Gasteiger partial charge < -0.3 is 14.5 Å². The molecule has 3 rings (SSSR count). The molecule has 1 heterocycles. The molecule has 30 heavy (non-hydrogen) atoms. The summed E-state index contributed by atoms with van der Waals surface area (Å²) < 4.78 is 10.3. The normalized spacial score (nSPS) is 11.9. The van der Waals surface area contributed by atoms with Crippen molar-refractivity contribution in [2.24, 2.45) is 5.10 Å². The zero-order valence-corrected chi connectivity index (χ0v) is 15.9. The Kier molecular flexibility index (Phi) is 6.38. The third-order valence-electron chi connectivity index (χ3n) is 4.02. The van der Waals surface area contributed by atoms with Crippen molar-refractivity contribution in [2.45, 2.75) is 13.0 Å². The first kappa shape index (κ1) is 20.5. The lowest BCUT2D eigenvalue weighted by Gasteiger charge is -2.13. The van der Waals surface area contributed by atoms with Gasteiger partial charge in [0.25, 0.3) is 11.8 Å². The molecule has 0 aliphatic carbocycles. The molecule has 0 bridgehead atoms. The maximum Gasteiger partial charge on any atom is 0.433 e. The van der Waals surface area contributed by atoms with Gasteiger partial charge in [-0.1, -0.05) is 30.3 Å². The lowest BCUT2D eigenvalue weighted by atomic mass is 10.1. The minimum atomic E-state index is -0.874. The summed E-state index contributed by atoms with van der Waals surface area (Å²) in [6, 6.07) is 14.9. The smallest absolute Gasteiger partial charge is 0.433 e. The van der Waals surface area contributed by atoms with E-state index in [2.05, 4.69) is 15.8 Å². The van der Waals surface area contributed by atoms with Gasteiger partial charge in [0, 0.05) is 0 Å². The number of benzene rings is 2. The molecule has 3 aromatic rings. The summed E-state index contributed by atoms with van der Waals surface area (Å²) in [6.45, 7) is 1.23. The van der Waals surface area contributed by atoms with E-state index < -0.39 is 28.7 Å². The van der Waals surface area contributed by atoms with Crippen LogP contribution >= 0.6 is 0 Å². The van der Waals surface area contributed by atoms with Crippen LogP contribution < -0.4 is 15.5 Å². The number of hydrogen-bond donors (Lipinski definition) is 2. The SMILES string of the molecule is C[C@@H](NC(=O)COc1ccc2ccccc2c1)C(=O)NN=Cc1ccc([N+](=O)[O-])o1. The van der Waals surface area contributed by atoms with Gasteiger partial charge in [0.2, 0.25) is 0 Å². The maximum absolute atomic E-state index is 12.0. The summed E-state index contributed by atoms with van der Waals surface area (Å²) in [5.74, 6) is -0.849. The summed E-state index contributed by atoms with van der Waals surface area (Å²) >= 11 is 0. The molecule has 10 nitrogen and oxygen atoms in total. The van der Waals surface area contributed by atoms with Crippen LogP contribution in [0.4, 0.5) is 5.88 Å². The fraction of sp³-hybridized carbons (Fsp3) is 0.150. The Hall–Kier alpha value is -4.21. The van der Waals surface area contributed by atoms with Crippen LogP contribution in [0.3, 0.4) is 0 Å². The van der Waals surface area contributed by atoms with E-state index in [1.165, 1.54) is 19.1 Å². The van der Waals surface area contributed by atoms with Crippen LogP contribution in [0.1, 0.15) is 12.7 Å². The standard InChI is InChI=1S/C20H18N4O6/c1-13(20(26)23-21-11-17-8-9-19(30-17)24(27)28)22-18(25)12-29-16-7-6-14-4-2-3-5-15(14)10-16/h2-11,13H,12H2,1H3,(H,22,25)(H,23,26)/t13-/m1/s1. The van der Waals surface area contributed by atoms with E-state index in [1.54, 1.807) is 6.07 Å². The van der Waals surface area contributed by atoms with Crippen molar-refractivity contribution >= 4 is 34.7 Å². The highest BCUT2D eigenvalue weighted by molar-refractivity contribution is 5.88. The highest BCUT2D eigenvalue weighted by atomic mass is 16.6. The number of hydrogen-bond acceptors (Lipinski definition) is 7. The van der Waals surface area contributed by atoms with Crippen LogP contribution in [-0.2, 0) is 9.59 Å². The number of carbonyl (C=O) groups excluding carboxylic acids is 2. The second kappa shape index (κ2) is 9.32. The zero-order valence-electron chi connectivity index (χ0n) is 15.9. The minimum absolute atomic E-state index is 0.0995. The number of carbonyl (C=O) groups is 2. The highest BCUT2D eigenvalue weighted by Crippen LogP contribution is 2.20. The van der Waals surface area contributed by atoms with E-state index in [0.29, 0.717) is 5.75 Å². The monoisotopic (exact) mass is 410 g/mol. The first-order chi connectivity index (χ1) is 14.4. The molecule has 1 atom stereocenters. The van der Waals surface area contributed by atoms with Crippen LogP contribution in [0, 0.1) is 10.1 Å². The Morgan fingerprint density at radius 1 is 1.20 bits per heavy atom. The summed E-state index contributed by atoms with van der Waals surface area (Å²) in [6.07, 6.45) is 1.11. The van der Waals surface area contributed by atoms with Crippen LogP contribution in [-0.4, -0.2) is 35.6 Å². The number of nitrogens with zero attached hydrogens (tertiary/aromatic N) is 2. The Morgan fingerprint density at radius 3 is 2.70 bits per heavy atom. The molecule has 2 amide bonds. The van der Waals surface area contributed by atoms with Crippen molar-refractivity contribution in [3.8, 4) is 5.75 Å². The molecule has 2 aromatic carbocycles. The van der Waals surface area contributed by atoms with Gasteiger partial charge in [0.1, 0.15) is 16.7 Å². The van der Waals surface area contributed by atoms with Gasteiger partial charge in [-0.15, -0.1) is 0 Å². The third kappa shape index (κ3) is 5.41. The first-order valence-electron chi connectivity index (χ1n) is 8.90. The lowest BCUT2D eigenvalue weighted by molar-refractivity contribution is -0.402. The molecule has 0 aliphatic heterocycles. The second-order valence-electron chi connectivity index (χ2n) is 6.25. The zero-order chi connectivity index (χ0) is 21.5. The number of nitrogens with one attached hydrogen (secondary N) is 2. The van der Waals surface area contributed by atoms with Gasteiger partial charge in [-0.25, -0.2) is 5.43 Å². The average molecular weight is 410 g/mol. The molecule has 0 fully saturated rings. The average Bonchev–Trinajstić information content (AvgIpc) is 3.21. The molecule has 0 spiro atoms. The van der Waals surface area contributed by atoms with Crippen LogP contribution in [0.2, 0.25) is 0 Å². The molecule has 0 radical (unpaired) electrons. The Balaban J connectivity index is 1.44. The van der Waals surface area contributed by atoms with Gasteiger partial charge >= 0.3 is 5.88 Å². The molecular formula is C20H18N4O6. The van der Waals surface area contributed by atoms with Crippen LogP contribution in [0.5, 0.6) is 5.75 Å². The molecule has 154 valence electrons. The molecule has 1 aromatic heterocycles. The molecule has 10 heteroatoms. The summed E-state index contributed by atoms with van der Waals surface area (Å²) in [5.41, 5.74) is 2.21. The van der Waals surface area contributed by atoms with Gasteiger partial charge in [-0.3, -0.25) is 19.7 Å². The largest absolute Gasteiger partial charge is 0.484 e. The van der Waals surface area contributed by atoms with Crippen molar-refractivity contribution in [3.63, 3.8) is 0 Å². The fourth-order valence-electron chi connectivity index (χ4n) is 2.52. The molecule has 0 saturated heterocycles. The van der Waals surface area contributed by atoms with Gasteiger partial charge in [-0.05, 0) is 35.9 Å². The predicted octanol–water partition coefficient (Wildman–Crippen LogP) is 2.37. The van der Waals surface area contributed by atoms with Crippen molar-refractivity contribution in [3.05, 3.63) is 70.5 Å². The topological polar surface area (TPSA) is 136 Å². The molecule has 0 unspecified atom stereocenters. The van der Waals surface area contributed by atoms with Gasteiger partial charge in [0.15, 0.2) is 12.4 Å². The van der Waals surface area contributed by atoms with Crippen LogP contribution in [0.25, 0.3) is 10.8 Å². The Bertz CT molecular complexity index is 1110. The molecule has 2 N–H and O–H groups in total. The summed E-state index contributed by atoms with van der Waals surface area (Å²) in [7, 11) is 0. The Labute approximate surface area is 170 Å². The van der Waals surface area contributed by atoms with Gasteiger partial charge in [0.05, 0.1) is 12.3 Å². The Morgan fingerprint density at radius 2 is 1.97 bits per heavy atom. The van der Waals surface area contributed by atoms with E-state index in [9.17, 15) is 19.7 Å². The maximum atomic E-state index is 12.0. The first-order valence-corrected chi connectivity index (χ1v) is 8.90. The number of fused-ring (bicyclic) bond motifs is 1. The van der Waals surface area contributed by atoms with E-state index in [-0.39, 0.29) is 12.4 Å². The summed E-state index contributed by atoms with van der Waals surface area (Å²) in [4.78, 5) is 33.9. The van der Waals surface area contributed by atoms with Crippen LogP contribution in [0.15, 0.2) is 64.1 Å². The number of nitro groups is 1. The molecule has 0 saturated carbocycles. The van der Waals surface area contributed by atoms with E-state index in [4.69, 9.17) is 9.15 Å². The van der Waals surface area contributed by atoms with Crippen molar-refractivity contribution < 1.29 is 23.7 Å². The number of hydrazone groups is 1. The van der Waals surface area contributed by atoms with Crippen molar-refractivity contribution in [2.75, 3.05) is 6.61 Å². The number of ether oxygens (including phenoxy) is 1. The summed E-state index contributed by atoms with van der Waals surface area (Å²) in [5, 5.41) is 18.7. The second-order valence-corrected chi connectivity index (χ2v) is 6.25.